The van der Waals surface area contributed by atoms with E-state index in [0.29, 0.717) is 0 Å². The number of aromatic nitrogens is 3. The standard InChI is InChI=1S/C15H16N4S/c1-9-14(10(2)19(3)18-9)13-8-20-15(17-13)11-5-4-6-12(16)7-11/h4-8H,16H2,1-3H3. The predicted molar refractivity (Wildman–Crippen MR) is 83.6 cm³/mol. The summed E-state index contributed by atoms with van der Waals surface area (Å²) in [5, 5.41) is 7.50. The van der Waals surface area contributed by atoms with Gasteiger partial charge < -0.3 is 5.73 Å². The van der Waals surface area contributed by atoms with Crippen LogP contribution in [0.3, 0.4) is 0 Å². The van der Waals surface area contributed by atoms with E-state index in [1.54, 1.807) is 11.3 Å². The molecule has 0 amide bonds. The Hall–Kier alpha value is -2.14. The molecule has 0 spiro atoms. The summed E-state index contributed by atoms with van der Waals surface area (Å²) in [4.78, 5) is 4.74. The fourth-order valence-corrected chi connectivity index (χ4v) is 3.15. The fraction of sp³-hybridized carbons (Fsp3) is 0.200. The largest absolute Gasteiger partial charge is 0.399 e. The van der Waals surface area contributed by atoms with Gasteiger partial charge in [-0.3, -0.25) is 4.68 Å². The van der Waals surface area contributed by atoms with E-state index in [-0.39, 0.29) is 0 Å². The van der Waals surface area contributed by atoms with Gasteiger partial charge in [-0.1, -0.05) is 12.1 Å². The second-order valence-corrected chi connectivity index (χ2v) is 5.69. The number of hydrogen-bond acceptors (Lipinski definition) is 4. The van der Waals surface area contributed by atoms with Crippen LogP contribution in [0.25, 0.3) is 21.8 Å². The minimum atomic E-state index is 0.757. The maximum absolute atomic E-state index is 5.83. The molecule has 2 heterocycles. The van der Waals surface area contributed by atoms with Gasteiger partial charge in [-0.25, -0.2) is 4.98 Å². The van der Waals surface area contributed by atoms with E-state index in [4.69, 9.17) is 10.7 Å². The normalized spacial score (nSPS) is 10.9. The Bertz CT molecular complexity index is 770. The first-order valence-electron chi connectivity index (χ1n) is 6.38. The molecule has 0 unspecified atom stereocenters. The molecule has 102 valence electrons. The van der Waals surface area contributed by atoms with Crippen molar-refractivity contribution < 1.29 is 0 Å². The van der Waals surface area contributed by atoms with E-state index >= 15 is 0 Å². The van der Waals surface area contributed by atoms with Gasteiger partial charge in [-0.2, -0.15) is 5.10 Å². The molecule has 1 aromatic carbocycles. The first kappa shape index (κ1) is 12.9. The summed E-state index contributed by atoms with van der Waals surface area (Å²) < 4.78 is 1.89. The number of nitrogen functional groups attached to an aromatic ring is 1. The van der Waals surface area contributed by atoms with Crippen molar-refractivity contribution in [3.63, 3.8) is 0 Å². The minimum Gasteiger partial charge on any atom is -0.399 e. The van der Waals surface area contributed by atoms with Gasteiger partial charge in [0.05, 0.1) is 11.4 Å². The van der Waals surface area contributed by atoms with Crippen molar-refractivity contribution in [3.05, 3.63) is 41.0 Å². The van der Waals surface area contributed by atoms with E-state index < -0.39 is 0 Å². The monoisotopic (exact) mass is 284 g/mol. The Morgan fingerprint density at radius 3 is 2.70 bits per heavy atom. The summed E-state index contributed by atoms with van der Waals surface area (Å²) in [5.41, 5.74) is 11.9. The summed E-state index contributed by atoms with van der Waals surface area (Å²) in [5.74, 6) is 0. The third kappa shape index (κ3) is 2.10. The van der Waals surface area contributed by atoms with E-state index in [1.807, 2.05) is 42.9 Å². The number of thiazole rings is 1. The molecule has 3 rings (SSSR count). The summed E-state index contributed by atoms with van der Waals surface area (Å²) in [6.07, 6.45) is 0. The van der Waals surface area contributed by atoms with Gasteiger partial charge in [-0.05, 0) is 26.0 Å². The number of anilines is 1. The molecular formula is C15H16N4S. The molecule has 0 aliphatic carbocycles. The van der Waals surface area contributed by atoms with Gasteiger partial charge in [0.1, 0.15) is 5.01 Å². The molecule has 5 heteroatoms. The zero-order chi connectivity index (χ0) is 14.3. The Morgan fingerprint density at radius 1 is 1.25 bits per heavy atom. The highest BCUT2D eigenvalue weighted by molar-refractivity contribution is 7.13. The summed E-state index contributed by atoms with van der Waals surface area (Å²) in [6.45, 7) is 4.08. The molecule has 0 saturated carbocycles. The van der Waals surface area contributed by atoms with E-state index in [1.165, 1.54) is 0 Å². The Morgan fingerprint density at radius 2 is 2.05 bits per heavy atom. The van der Waals surface area contributed by atoms with Crippen LogP contribution in [0, 0.1) is 13.8 Å². The maximum atomic E-state index is 5.83. The van der Waals surface area contributed by atoms with Gasteiger partial charge in [-0.15, -0.1) is 11.3 Å². The molecule has 20 heavy (non-hydrogen) atoms. The Balaban J connectivity index is 2.06. The number of aryl methyl sites for hydroxylation is 2. The average molecular weight is 284 g/mol. The van der Waals surface area contributed by atoms with Crippen molar-refractivity contribution >= 4 is 17.0 Å². The number of nitrogens with zero attached hydrogens (tertiary/aromatic N) is 3. The predicted octanol–water partition coefficient (Wildman–Crippen LogP) is 3.41. The lowest BCUT2D eigenvalue weighted by Gasteiger charge is -1.99. The molecule has 0 radical (unpaired) electrons. The van der Waals surface area contributed by atoms with Gasteiger partial charge in [0.15, 0.2) is 0 Å². The highest BCUT2D eigenvalue weighted by Gasteiger charge is 2.15. The summed E-state index contributed by atoms with van der Waals surface area (Å²) in [6, 6.07) is 7.81. The zero-order valence-electron chi connectivity index (χ0n) is 11.7. The molecule has 0 aliphatic rings. The molecular weight excluding hydrogens is 268 g/mol. The minimum absolute atomic E-state index is 0.757. The molecule has 3 aromatic rings. The van der Waals surface area contributed by atoms with Crippen molar-refractivity contribution in [1.82, 2.24) is 14.8 Å². The van der Waals surface area contributed by atoms with E-state index in [9.17, 15) is 0 Å². The summed E-state index contributed by atoms with van der Waals surface area (Å²) in [7, 11) is 1.96. The first-order valence-corrected chi connectivity index (χ1v) is 7.26. The third-order valence-corrected chi connectivity index (χ3v) is 4.29. The van der Waals surface area contributed by atoms with Crippen molar-refractivity contribution in [2.45, 2.75) is 13.8 Å². The van der Waals surface area contributed by atoms with Crippen LogP contribution in [0.15, 0.2) is 29.6 Å². The van der Waals surface area contributed by atoms with E-state index in [0.717, 1.165) is 38.9 Å². The first-order chi connectivity index (χ1) is 9.56. The van der Waals surface area contributed by atoms with Crippen molar-refractivity contribution in [2.24, 2.45) is 7.05 Å². The van der Waals surface area contributed by atoms with Crippen LogP contribution in [0.5, 0.6) is 0 Å². The van der Waals surface area contributed by atoms with Crippen LogP contribution in [0.1, 0.15) is 11.4 Å². The van der Waals surface area contributed by atoms with Crippen LogP contribution in [-0.4, -0.2) is 14.8 Å². The molecule has 2 N–H and O–H groups in total. The van der Waals surface area contributed by atoms with Crippen LogP contribution in [0.2, 0.25) is 0 Å². The quantitative estimate of drug-likeness (QED) is 0.734. The highest BCUT2D eigenvalue weighted by atomic mass is 32.1. The molecule has 0 aliphatic heterocycles. The lowest BCUT2D eigenvalue weighted by molar-refractivity contribution is 0.731. The molecule has 2 aromatic heterocycles. The fourth-order valence-electron chi connectivity index (χ4n) is 2.34. The lowest BCUT2D eigenvalue weighted by atomic mass is 10.1. The van der Waals surface area contributed by atoms with Crippen LogP contribution in [-0.2, 0) is 7.05 Å². The molecule has 0 saturated heterocycles. The van der Waals surface area contributed by atoms with Gasteiger partial charge in [0.2, 0.25) is 0 Å². The second-order valence-electron chi connectivity index (χ2n) is 4.83. The third-order valence-electron chi connectivity index (χ3n) is 3.40. The smallest absolute Gasteiger partial charge is 0.124 e. The Kier molecular flexibility index (Phi) is 3.06. The maximum Gasteiger partial charge on any atom is 0.124 e. The molecule has 0 atom stereocenters. The highest BCUT2D eigenvalue weighted by Crippen LogP contribution is 2.32. The summed E-state index contributed by atoms with van der Waals surface area (Å²) >= 11 is 1.63. The van der Waals surface area contributed by atoms with E-state index in [2.05, 4.69) is 17.4 Å². The van der Waals surface area contributed by atoms with Crippen molar-refractivity contribution in [3.8, 4) is 21.8 Å². The van der Waals surface area contributed by atoms with Gasteiger partial charge >= 0.3 is 0 Å². The second kappa shape index (κ2) is 4.76. The molecule has 4 nitrogen and oxygen atoms in total. The number of benzene rings is 1. The number of rotatable bonds is 2. The lowest BCUT2D eigenvalue weighted by Crippen LogP contribution is -1.92. The number of nitrogens with two attached hydrogens (primary N) is 1. The topological polar surface area (TPSA) is 56.7 Å². The Labute approximate surface area is 121 Å². The van der Waals surface area contributed by atoms with Gasteiger partial charge in [0.25, 0.3) is 0 Å². The molecule has 0 bridgehead atoms. The van der Waals surface area contributed by atoms with Crippen LogP contribution < -0.4 is 5.73 Å². The average Bonchev–Trinajstić information content (AvgIpc) is 2.96. The number of hydrogen-bond donors (Lipinski definition) is 1. The van der Waals surface area contributed by atoms with Gasteiger partial charge in [0, 0.05) is 34.9 Å². The SMILES string of the molecule is Cc1nn(C)c(C)c1-c1csc(-c2cccc(N)c2)n1. The van der Waals surface area contributed by atoms with Crippen LogP contribution in [0.4, 0.5) is 5.69 Å². The molecule has 0 fully saturated rings. The van der Waals surface area contributed by atoms with Crippen molar-refractivity contribution in [1.29, 1.82) is 0 Å². The zero-order valence-corrected chi connectivity index (χ0v) is 12.5. The van der Waals surface area contributed by atoms with Crippen LogP contribution >= 0.6 is 11.3 Å². The van der Waals surface area contributed by atoms with Crippen molar-refractivity contribution in [2.75, 3.05) is 5.73 Å².